The third-order valence-electron chi connectivity index (χ3n) is 3.18. The number of hydrogen-bond donors (Lipinski definition) is 1. The Bertz CT molecular complexity index is 408. The Hall–Kier alpha value is -1.22. The molecule has 4 heteroatoms. The highest BCUT2D eigenvalue weighted by atomic mass is 35.5. The van der Waals surface area contributed by atoms with Gasteiger partial charge in [-0.2, -0.15) is 0 Å². The zero-order chi connectivity index (χ0) is 12.3. The number of halogens is 1. The molecule has 1 fully saturated rings. The van der Waals surface area contributed by atoms with Crippen molar-refractivity contribution in [3.8, 4) is 0 Å². The fraction of sp³-hybridized carbons (Fsp3) is 0.462. The SMILES string of the molecule is C[C@H]1CCCCN1C(=O)Nc1ccccc1Cl. The molecule has 1 aromatic rings. The molecule has 0 bridgehead atoms. The lowest BCUT2D eigenvalue weighted by Crippen LogP contribution is -2.44. The topological polar surface area (TPSA) is 32.3 Å². The highest BCUT2D eigenvalue weighted by Crippen LogP contribution is 2.22. The van der Waals surface area contributed by atoms with Crippen LogP contribution < -0.4 is 5.32 Å². The van der Waals surface area contributed by atoms with Crippen molar-refractivity contribution in [3.05, 3.63) is 29.3 Å². The van der Waals surface area contributed by atoms with Crippen LogP contribution in [0.5, 0.6) is 0 Å². The van der Waals surface area contributed by atoms with Gasteiger partial charge in [-0.25, -0.2) is 4.79 Å². The molecule has 1 aromatic carbocycles. The minimum Gasteiger partial charge on any atom is -0.322 e. The summed E-state index contributed by atoms with van der Waals surface area (Å²) in [7, 11) is 0. The van der Waals surface area contributed by atoms with E-state index in [1.54, 1.807) is 6.07 Å². The largest absolute Gasteiger partial charge is 0.322 e. The second-order valence-corrected chi connectivity index (χ2v) is 4.86. The van der Waals surface area contributed by atoms with Gasteiger partial charge in [0.2, 0.25) is 0 Å². The molecule has 92 valence electrons. The summed E-state index contributed by atoms with van der Waals surface area (Å²) in [4.78, 5) is 14.0. The van der Waals surface area contributed by atoms with Crippen LogP contribution >= 0.6 is 11.6 Å². The average molecular weight is 253 g/mol. The molecule has 1 atom stereocenters. The van der Waals surface area contributed by atoms with Crippen LogP contribution in [-0.4, -0.2) is 23.5 Å². The van der Waals surface area contributed by atoms with E-state index >= 15 is 0 Å². The van der Waals surface area contributed by atoms with Gasteiger partial charge >= 0.3 is 6.03 Å². The van der Waals surface area contributed by atoms with Crippen molar-refractivity contribution in [1.29, 1.82) is 0 Å². The van der Waals surface area contributed by atoms with Crippen molar-refractivity contribution < 1.29 is 4.79 Å². The Balaban J connectivity index is 2.03. The first-order valence-electron chi connectivity index (χ1n) is 6.00. The highest BCUT2D eigenvalue weighted by Gasteiger charge is 2.23. The molecule has 0 spiro atoms. The average Bonchev–Trinajstić information content (AvgIpc) is 2.32. The van der Waals surface area contributed by atoms with Gasteiger partial charge in [0, 0.05) is 12.6 Å². The van der Waals surface area contributed by atoms with E-state index in [4.69, 9.17) is 11.6 Å². The second kappa shape index (κ2) is 5.41. The van der Waals surface area contributed by atoms with Crippen LogP contribution in [0.1, 0.15) is 26.2 Å². The van der Waals surface area contributed by atoms with Gasteiger partial charge in [-0.3, -0.25) is 0 Å². The molecule has 1 N–H and O–H groups in total. The Morgan fingerprint density at radius 1 is 1.41 bits per heavy atom. The molecule has 0 aliphatic carbocycles. The predicted molar refractivity (Wildman–Crippen MR) is 70.5 cm³/mol. The van der Waals surface area contributed by atoms with E-state index in [-0.39, 0.29) is 6.03 Å². The molecule has 0 aromatic heterocycles. The Labute approximate surface area is 107 Å². The van der Waals surface area contributed by atoms with Gasteiger partial charge in [-0.15, -0.1) is 0 Å². The van der Waals surface area contributed by atoms with E-state index in [9.17, 15) is 4.79 Å². The van der Waals surface area contributed by atoms with Crippen molar-refractivity contribution in [2.45, 2.75) is 32.2 Å². The van der Waals surface area contributed by atoms with Gasteiger partial charge in [0.1, 0.15) is 0 Å². The van der Waals surface area contributed by atoms with Crippen molar-refractivity contribution >= 4 is 23.3 Å². The summed E-state index contributed by atoms with van der Waals surface area (Å²) >= 11 is 6.01. The molecule has 1 aliphatic rings. The fourth-order valence-corrected chi connectivity index (χ4v) is 2.33. The molecule has 1 heterocycles. The van der Waals surface area contributed by atoms with E-state index in [2.05, 4.69) is 12.2 Å². The maximum atomic E-state index is 12.1. The summed E-state index contributed by atoms with van der Waals surface area (Å²) in [5, 5.41) is 3.44. The first-order valence-corrected chi connectivity index (χ1v) is 6.38. The molecule has 0 unspecified atom stereocenters. The molecular formula is C13H17ClN2O. The zero-order valence-electron chi connectivity index (χ0n) is 9.95. The number of amides is 2. The summed E-state index contributed by atoms with van der Waals surface area (Å²) in [5.74, 6) is 0. The summed E-state index contributed by atoms with van der Waals surface area (Å²) in [6, 6.07) is 7.56. The van der Waals surface area contributed by atoms with Crippen LogP contribution in [0.25, 0.3) is 0 Å². The van der Waals surface area contributed by atoms with Gasteiger partial charge < -0.3 is 10.2 Å². The number of rotatable bonds is 1. The monoisotopic (exact) mass is 252 g/mol. The van der Waals surface area contributed by atoms with Crippen molar-refractivity contribution in [2.24, 2.45) is 0 Å². The minimum absolute atomic E-state index is 0.0506. The number of anilines is 1. The molecule has 3 nitrogen and oxygen atoms in total. The molecular weight excluding hydrogens is 236 g/mol. The zero-order valence-corrected chi connectivity index (χ0v) is 10.7. The maximum absolute atomic E-state index is 12.1. The van der Waals surface area contributed by atoms with E-state index in [1.165, 1.54) is 6.42 Å². The molecule has 1 saturated heterocycles. The Morgan fingerprint density at radius 2 is 2.18 bits per heavy atom. The number of nitrogens with zero attached hydrogens (tertiary/aromatic N) is 1. The first kappa shape index (κ1) is 12.2. The number of piperidine rings is 1. The third kappa shape index (κ3) is 2.91. The summed E-state index contributed by atoms with van der Waals surface area (Å²) in [5.41, 5.74) is 0.678. The third-order valence-corrected chi connectivity index (χ3v) is 3.51. The predicted octanol–water partition coefficient (Wildman–Crippen LogP) is 3.75. The molecule has 0 radical (unpaired) electrons. The van der Waals surface area contributed by atoms with Crippen LogP contribution in [0.15, 0.2) is 24.3 Å². The number of carbonyl (C=O) groups is 1. The summed E-state index contributed by atoms with van der Waals surface area (Å²) < 4.78 is 0. The van der Waals surface area contributed by atoms with Gasteiger partial charge in [-0.05, 0) is 38.3 Å². The molecule has 2 rings (SSSR count). The summed E-state index contributed by atoms with van der Waals surface area (Å²) in [6.07, 6.45) is 3.37. The number of likely N-dealkylation sites (tertiary alicyclic amines) is 1. The molecule has 1 aliphatic heterocycles. The smallest absolute Gasteiger partial charge is 0.322 e. The molecule has 17 heavy (non-hydrogen) atoms. The number of para-hydroxylation sites is 1. The number of hydrogen-bond acceptors (Lipinski definition) is 1. The quantitative estimate of drug-likeness (QED) is 0.811. The second-order valence-electron chi connectivity index (χ2n) is 4.45. The standard InChI is InChI=1S/C13H17ClN2O/c1-10-6-4-5-9-16(10)13(17)15-12-8-3-2-7-11(12)14/h2-3,7-8,10H,4-6,9H2,1H3,(H,15,17)/t10-/m0/s1. The Morgan fingerprint density at radius 3 is 2.88 bits per heavy atom. The van der Waals surface area contributed by atoms with Gasteiger partial charge in [0.25, 0.3) is 0 Å². The number of nitrogens with one attached hydrogen (secondary N) is 1. The van der Waals surface area contributed by atoms with E-state index < -0.39 is 0 Å². The first-order chi connectivity index (χ1) is 8.18. The van der Waals surface area contributed by atoms with E-state index in [0.29, 0.717) is 16.8 Å². The number of carbonyl (C=O) groups excluding carboxylic acids is 1. The Kier molecular flexibility index (Phi) is 3.89. The lowest BCUT2D eigenvalue weighted by atomic mass is 10.0. The van der Waals surface area contributed by atoms with Gasteiger partial charge in [-0.1, -0.05) is 23.7 Å². The van der Waals surface area contributed by atoms with Crippen molar-refractivity contribution in [2.75, 3.05) is 11.9 Å². The van der Waals surface area contributed by atoms with Gasteiger partial charge in [0.05, 0.1) is 10.7 Å². The van der Waals surface area contributed by atoms with E-state index in [0.717, 1.165) is 19.4 Å². The minimum atomic E-state index is -0.0506. The lowest BCUT2D eigenvalue weighted by molar-refractivity contribution is 0.170. The maximum Gasteiger partial charge on any atom is 0.322 e. The van der Waals surface area contributed by atoms with Crippen molar-refractivity contribution in [3.63, 3.8) is 0 Å². The summed E-state index contributed by atoms with van der Waals surface area (Å²) in [6.45, 7) is 2.92. The van der Waals surface area contributed by atoms with Crippen LogP contribution in [0, 0.1) is 0 Å². The van der Waals surface area contributed by atoms with Crippen molar-refractivity contribution in [1.82, 2.24) is 4.90 Å². The number of urea groups is 1. The van der Waals surface area contributed by atoms with Crippen LogP contribution in [-0.2, 0) is 0 Å². The normalized spacial score (nSPS) is 20.1. The van der Waals surface area contributed by atoms with Gasteiger partial charge in [0.15, 0.2) is 0 Å². The van der Waals surface area contributed by atoms with E-state index in [1.807, 2.05) is 23.1 Å². The molecule has 2 amide bonds. The highest BCUT2D eigenvalue weighted by molar-refractivity contribution is 6.33. The van der Waals surface area contributed by atoms with Crippen LogP contribution in [0.2, 0.25) is 5.02 Å². The fourth-order valence-electron chi connectivity index (χ4n) is 2.15. The van der Waals surface area contributed by atoms with Crippen LogP contribution in [0.4, 0.5) is 10.5 Å². The van der Waals surface area contributed by atoms with Crippen LogP contribution in [0.3, 0.4) is 0 Å². The number of benzene rings is 1. The molecule has 0 saturated carbocycles. The lowest BCUT2D eigenvalue weighted by Gasteiger charge is -2.33.